The second kappa shape index (κ2) is 10.1. The number of nitrogens with zero attached hydrogens (tertiary/aromatic N) is 5. The first-order valence-electron chi connectivity index (χ1n) is 11.6. The SMILES string of the molecule is COc1ccccc1-c1nnc2ccc(OCCNS(=O)(=O)c3ccc4c(c3)CCN4C(=O)C(F)(F)F)nn12. The third kappa shape index (κ3) is 5.22. The van der Waals surface area contributed by atoms with Crippen molar-refractivity contribution in [3.05, 3.63) is 60.2 Å². The van der Waals surface area contributed by atoms with Crippen LogP contribution >= 0.6 is 0 Å². The van der Waals surface area contributed by atoms with Gasteiger partial charge < -0.3 is 14.4 Å². The molecule has 0 radical (unpaired) electrons. The summed E-state index contributed by atoms with van der Waals surface area (Å²) < 4.78 is 78.8. The van der Waals surface area contributed by atoms with Gasteiger partial charge in [0.05, 0.1) is 17.6 Å². The van der Waals surface area contributed by atoms with Gasteiger partial charge in [-0.1, -0.05) is 12.1 Å². The number of anilines is 1. The Bertz CT molecular complexity index is 1660. The Labute approximate surface area is 220 Å². The lowest BCUT2D eigenvalue weighted by Crippen LogP contribution is -2.40. The number of halogens is 3. The van der Waals surface area contributed by atoms with Crippen molar-refractivity contribution in [3.63, 3.8) is 0 Å². The number of aromatic nitrogens is 4. The first-order chi connectivity index (χ1) is 18.6. The summed E-state index contributed by atoms with van der Waals surface area (Å²) in [5, 5.41) is 12.7. The number of carbonyl (C=O) groups is 1. The second-order valence-electron chi connectivity index (χ2n) is 8.41. The highest BCUT2D eigenvalue weighted by atomic mass is 32.2. The van der Waals surface area contributed by atoms with Gasteiger partial charge in [0, 0.05) is 24.8 Å². The lowest BCUT2D eigenvalue weighted by molar-refractivity contribution is -0.170. The molecule has 0 spiro atoms. The van der Waals surface area contributed by atoms with Crippen molar-refractivity contribution < 1.29 is 35.9 Å². The predicted molar refractivity (Wildman–Crippen MR) is 132 cm³/mol. The van der Waals surface area contributed by atoms with E-state index in [0.29, 0.717) is 33.2 Å². The monoisotopic (exact) mass is 562 g/mol. The topological polar surface area (TPSA) is 128 Å². The molecule has 2 aromatic heterocycles. The first kappa shape index (κ1) is 26.4. The van der Waals surface area contributed by atoms with Gasteiger partial charge in [0.2, 0.25) is 15.9 Å². The average Bonchev–Trinajstić information content (AvgIpc) is 3.53. The van der Waals surface area contributed by atoms with Crippen LogP contribution < -0.4 is 19.1 Å². The summed E-state index contributed by atoms with van der Waals surface area (Å²) >= 11 is 0. The van der Waals surface area contributed by atoms with Crippen LogP contribution in [0.4, 0.5) is 18.9 Å². The molecule has 0 saturated heterocycles. The summed E-state index contributed by atoms with van der Waals surface area (Å²) in [5.41, 5.74) is 1.52. The van der Waals surface area contributed by atoms with Crippen LogP contribution in [0.5, 0.6) is 11.6 Å². The summed E-state index contributed by atoms with van der Waals surface area (Å²) in [7, 11) is -2.45. The zero-order valence-corrected chi connectivity index (χ0v) is 21.2. The van der Waals surface area contributed by atoms with Crippen LogP contribution in [0.2, 0.25) is 0 Å². The molecular weight excluding hydrogens is 541 g/mol. The van der Waals surface area contributed by atoms with Crippen LogP contribution in [0.3, 0.4) is 0 Å². The number of sulfonamides is 1. The number of rotatable bonds is 8. The molecule has 3 heterocycles. The Morgan fingerprint density at radius 3 is 2.67 bits per heavy atom. The number of methoxy groups -OCH3 is 1. The van der Waals surface area contributed by atoms with E-state index in [1.165, 1.54) is 23.8 Å². The number of para-hydroxylation sites is 1. The molecule has 204 valence electrons. The molecule has 15 heteroatoms. The largest absolute Gasteiger partial charge is 0.496 e. The summed E-state index contributed by atoms with van der Waals surface area (Å²) in [4.78, 5) is 12.1. The minimum Gasteiger partial charge on any atom is -0.496 e. The van der Waals surface area contributed by atoms with Crippen LogP contribution in [-0.2, 0) is 21.2 Å². The fourth-order valence-electron chi connectivity index (χ4n) is 4.17. The highest BCUT2D eigenvalue weighted by Gasteiger charge is 2.44. The molecule has 0 aliphatic carbocycles. The molecular formula is C24H21F3N6O5S. The number of hydrogen-bond donors (Lipinski definition) is 1. The maximum Gasteiger partial charge on any atom is 0.471 e. The summed E-state index contributed by atoms with van der Waals surface area (Å²) in [5.74, 6) is -0.772. The molecule has 1 aliphatic heterocycles. The van der Waals surface area contributed by atoms with Gasteiger partial charge in [-0.3, -0.25) is 4.79 Å². The van der Waals surface area contributed by atoms with Crippen LogP contribution in [0, 0.1) is 0 Å². The van der Waals surface area contributed by atoms with E-state index < -0.39 is 22.1 Å². The van der Waals surface area contributed by atoms with Crippen molar-refractivity contribution in [1.29, 1.82) is 0 Å². The van der Waals surface area contributed by atoms with Crippen LogP contribution in [0.1, 0.15) is 5.56 Å². The standard InChI is InChI=1S/C24H21F3N6O5S/c1-37-19-5-3-2-4-17(19)22-30-29-20-8-9-21(31-33(20)22)38-13-11-28-39(35,36)16-6-7-18-15(14-16)10-12-32(18)23(34)24(25,26)27/h2-9,14,28H,10-13H2,1H3. The van der Waals surface area contributed by atoms with E-state index in [4.69, 9.17) is 9.47 Å². The number of alkyl halides is 3. The molecule has 1 aliphatic rings. The van der Waals surface area contributed by atoms with Crippen LogP contribution in [-0.4, -0.2) is 67.1 Å². The Balaban J connectivity index is 1.24. The van der Waals surface area contributed by atoms with Crippen molar-refractivity contribution in [1.82, 2.24) is 24.5 Å². The van der Waals surface area contributed by atoms with Gasteiger partial charge in [-0.2, -0.15) is 17.7 Å². The second-order valence-corrected chi connectivity index (χ2v) is 10.2. The van der Waals surface area contributed by atoms with E-state index in [9.17, 15) is 26.4 Å². The number of fused-ring (bicyclic) bond motifs is 2. The van der Waals surface area contributed by atoms with Gasteiger partial charge in [-0.15, -0.1) is 15.3 Å². The third-order valence-corrected chi connectivity index (χ3v) is 7.43. The van der Waals surface area contributed by atoms with Gasteiger partial charge >= 0.3 is 12.1 Å². The molecule has 39 heavy (non-hydrogen) atoms. The van der Waals surface area contributed by atoms with E-state index in [-0.39, 0.29) is 42.6 Å². The molecule has 2 aromatic carbocycles. The molecule has 11 nitrogen and oxygen atoms in total. The molecule has 1 N–H and O–H groups in total. The smallest absolute Gasteiger partial charge is 0.471 e. The first-order valence-corrected chi connectivity index (χ1v) is 13.1. The molecule has 1 amide bonds. The fourth-order valence-corrected chi connectivity index (χ4v) is 5.23. The van der Waals surface area contributed by atoms with Crippen LogP contribution in [0.25, 0.3) is 17.0 Å². The molecule has 0 atom stereocenters. The Kier molecular flexibility index (Phi) is 6.86. The average molecular weight is 563 g/mol. The molecule has 0 fully saturated rings. The minimum atomic E-state index is -5.02. The number of hydrogen-bond acceptors (Lipinski definition) is 8. The predicted octanol–water partition coefficient (Wildman–Crippen LogP) is 2.61. The van der Waals surface area contributed by atoms with E-state index in [0.717, 1.165) is 6.07 Å². The van der Waals surface area contributed by atoms with E-state index >= 15 is 0 Å². The van der Waals surface area contributed by atoms with Crippen molar-refractivity contribution >= 4 is 27.3 Å². The van der Waals surface area contributed by atoms with Gasteiger partial charge in [0.15, 0.2) is 11.5 Å². The Hall–Kier alpha value is -4.24. The quantitative estimate of drug-likeness (QED) is 0.325. The summed E-state index contributed by atoms with van der Waals surface area (Å²) in [6, 6.07) is 14.1. The lowest BCUT2D eigenvalue weighted by Gasteiger charge is -2.19. The number of benzene rings is 2. The molecule has 5 rings (SSSR count). The fraction of sp³-hybridized carbons (Fsp3) is 0.250. The van der Waals surface area contributed by atoms with Crippen molar-refractivity contribution in [3.8, 4) is 23.0 Å². The Morgan fingerprint density at radius 1 is 1.10 bits per heavy atom. The Morgan fingerprint density at radius 2 is 1.90 bits per heavy atom. The maximum absolute atomic E-state index is 12.8. The van der Waals surface area contributed by atoms with Crippen molar-refractivity contribution in [2.24, 2.45) is 0 Å². The van der Waals surface area contributed by atoms with Crippen molar-refractivity contribution in [2.45, 2.75) is 17.5 Å². The maximum atomic E-state index is 12.8. The van der Waals surface area contributed by atoms with E-state index in [2.05, 4.69) is 20.0 Å². The lowest BCUT2D eigenvalue weighted by atomic mass is 10.2. The number of amides is 1. The molecule has 4 aromatic rings. The minimum absolute atomic E-state index is 0.0440. The third-order valence-electron chi connectivity index (χ3n) is 5.97. The van der Waals surface area contributed by atoms with E-state index in [1.807, 2.05) is 18.2 Å². The van der Waals surface area contributed by atoms with Gasteiger partial charge in [0.25, 0.3) is 0 Å². The number of ether oxygens (including phenoxy) is 2. The van der Waals surface area contributed by atoms with E-state index in [1.54, 1.807) is 18.2 Å². The van der Waals surface area contributed by atoms with Crippen LogP contribution in [0.15, 0.2) is 59.5 Å². The van der Waals surface area contributed by atoms with Gasteiger partial charge in [-0.25, -0.2) is 13.1 Å². The normalized spacial score (nSPS) is 13.5. The highest BCUT2D eigenvalue weighted by Crippen LogP contribution is 2.33. The molecule has 0 saturated carbocycles. The number of nitrogens with one attached hydrogen (secondary N) is 1. The zero-order valence-electron chi connectivity index (χ0n) is 20.3. The summed E-state index contributed by atoms with van der Waals surface area (Å²) in [6.45, 7) is -0.358. The zero-order chi connectivity index (χ0) is 27.8. The molecule has 0 bridgehead atoms. The molecule has 0 unspecified atom stereocenters. The van der Waals surface area contributed by atoms with Gasteiger partial charge in [-0.05, 0) is 48.4 Å². The highest BCUT2D eigenvalue weighted by molar-refractivity contribution is 7.89. The summed E-state index contributed by atoms with van der Waals surface area (Å²) in [6.07, 6.45) is -4.91. The van der Waals surface area contributed by atoms with Crippen molar-refractivity contribution in [2.75, 3.05) is 31.7 Å². The number of carbonyl (C=O) groups excluding carboxylic acids is 1. The van der Waals surface area contributed by atoms with Gasteiger partial charge in [0.1, 0.15) is 12.4 Å².